The molecule has 0 amide bonds. The highest BCUT2D eigenvalue weighted by Gasteiger charge is 2.25. The van der Waals surface area contributed by atoms with Gasteiger partial charge in [-0.25, -0.2) is 19.2 Å². The van der Waals surface area contributed by atoms with Crippen LogP contribution < -0.4 is 0 Å². The fraction of sp³-hybridized carbons (Fsp3) is 0.200. The van der Waals surface area contributed by atoms with Gasteiger partial charge in [0, 0.05) is 23.3 Å². The van der Waals surface area contributed by atoms with Gasteiger partial charge in [0.05, 0.1) is 0 Å². The Hall–Kier alpha value is -2.24. The molecular weight excluding hydrogens is 216 g/mol. The minimum atomic E-state index is -0.579. The van der Waals surface area contributed by atoms with Crippen LogP contribution in [0.25, 0.3) is 0 Å². The van der Waals surface area contributed by atoms with Gasteiger partial charge in [0.1, 0.15) is 0 Å². The van der Waals surface area contributed by atoms with E-state index in [1.807, 2.05) is 0 Å². The lowest BCUT2D eigenvalue weighted by molar-refractivity contribution is -0.152. The minimum absolute atomic E-state index is 0.417. The van der Waals surface area contributed by atoms with Gasteiger partial charge in [-0.2, -0.15) is 0 Å². The molecule has 2 aliphatic rings. The molecule has 0 saturated carbocycles. The van der Waals surface area contributed by atoms with Crippen molar-refractivity contribution in [3.05, 3.63) is 23.3 Å². The third-order valence-corrected chi connectivity index (χ3v) is 1.92. The Labute approximate surface area is 90.5 Å². The van der Waals surface area contributed by atoms with Gasteiger partial charge in [0.15, 0.2) is 0 Å². The predicted octanol–water partition coefficient (Wildman–Crippen LogP) is 0.0322. The molecule has 0 unspecified atom stereocenters. The third-order valence-electron chi connectivity index (χ3n) is 1.92. The van der Waals surface area contributed by atoms with Crippen molar-refractivity contribution in [2.75, 3.05) is 0 Å². The lowest BCUT2D eigenvalue weighted by Gasteiger charge is -1.84. The maximum atomic E-state index is 10.5. The molecule has 0 aromatic carbocycles. The summed E-state index contributed by atoms with van der Waals surface area (Å²) in [6.45, 7) is 3.14. The summed E-state index contributed by atoms with van der Waals surface area (Å²) in [5.74, 6) is -2.19. The van der Waals surface area contributed by atoms with Crippen LogP contribution in [0.15, 0.2) is 23.3 Å². The fourth-order valence-corrected chi connectivity index (χ4v) is 0.847. The summed E-state index contributed by atoms with van der Waals surface area (Å²) in [6, 6.07) is 0. The van der Waals surface area contributed by atoms with Gasteiger partial charge in [0.25, 0.3) is 0 Å². The predicted molar refractivity (Wildman–Crippen MR) is 49.7 cm³/mol. The zero-order valence-corrected chi connectivity index (χ0v) is 8.60. The van der Waals surface area contributed by atoms with Crippen LogP contribution in [0.2, 0.25) is 0 Å². The van der Waals surface area contributed by atoms with Crippen LogP contribution in [-0.2, 0) is 28.7 Å². The van der Waals surface area contributed by atoms with Crippen molar-refractivity contribution in [2.45, 2.75) is 13.8 Å². The molecule has 2 aliphatic heterocycles. The number of ether oxygens (including phenoxy) is 2. The number of hydrogen-bond acceptors (Lipinski definition) is 6. The van der Waals surface area contributed by atoms with Gasteiger partial charge >= 0.3 is 23.9 Å². The Morgan fingerprint density at radius 2 is 1.12 bits per heavy atom. The molecule has 0 aliphatic carbocycles. The molecule has 0 aromatic rings. The Balaban J connectivity index is 0.000000165. The van der Waals surface area contributed by atoms with E-state index in [1.54, 1.807) is 13.8 Å². The van der Waals surface area contributed by atoms with E-state index in [1.165, 1.54) is 0 Å². The van der Waals surface area contributed by atoms with E-state index < -0.39 is 23.9 Å². The number of rotatable bonds is 0. The van der Waals surface area contributed by atoms with Crippen molar-refractivity contribution in [1.29, 1.82) is 0 Å². The van der Waals surface area contributed by atoms with Gasteiger partial charge in [-0.05, 0) is 13.8 Å². The summed E-state index contributed by atoms with van der Waals surface area (Å²) < 4.78 is 8.21. The van der Waals surface area contributed by atoms with E-state index in [9.17, 15) is 19.2 Å². The smallest absolute Gasteiger partial charge is 0.342 e. The Morgan fingerprint density at radius 1 is 0.750 bits per heavy atom. The van der Waals surface area contributed by atoms with Crippen LogP contribution in [0, 0.1) is 0 Å². The molecule has 0 spiro atoms. The van der Waals surface area contributed by atoms with Gasteiger partial charge in [-0.15, -0.1) is 0 Å². The molecule has 0 fully saturated rings. The van der Waals surface area contributed by atoms with Crippen LogP contribution >= 0.6 is 0 Å². The molecule has 6 nitrogen and oxygen atoms in total. The maximum absolute atomic E-state index is 10.5. The number of hydrogen-bond donors (Lipinski definition) is 0. The van der Waals surface area contributed by atoms with Crippen molar-refractivity contribution in [2.24, 2.45) is 0 Å². The summed E-state index contributed by atoms with van der Waals surface area (Å²) in [4.78, 5) is 40.8. The standard InChI is InChI=1S/C6H6O3.C4H2O3/c1-3-4(2)6(8)9-5(3)7;5-3-1-2-4(6)7-3/h1-2H3;1-2H. The van der Waals surface area contributed by atoms with Crippen LogP contribution in [0.5, 0.6) is 0 Å². The van der Waals surface area contributed by atoms with E-state index in [0.29, 0.717) is 11.1 Å². The first kappa shape index (κ1) is 11.8. The lowest BCUT2D eigenvalue weighted by Crippen LogP contribution is -2.00. The van der Waals surface area contributed by atoms with Crippen LogP contribution in [0.4, 0.5) is 0 Å². The maximum Gasteiger partial charge on any atom is 0.342 e. The molecule has 2 rings (SSSR count). The number of carbonyl (C=O) groups excluding carboxylic acids is 4. The van der Waals surface area contributed by atoms with Gasteiger partial charge in [-0.3, -0.25) is 0 Å². The molecule has 0 bridgehead atoms. The summed E-state index contributed by atoms with van der Waals surface area (Å²) >= 11 is 0. The summed E-state index contributed by atoms with van der Waals surface area (Å²) in [5.41, 5.74) is 0.833. The Bertz CT molecular complexity index is 402. The number of esters is 4. The van der Waals surface area contributed by atoms with Crippen LogP contribution in [-0.4, -0.2) is 23.9 Å². The van der Waals surface area contributed by atoms with Crippen molar-refractivity contribution in [3.8, 4) is 0 Å². The van der Waals surface area contributed by atoms with E-state index in [4.69, 9.17) is 0 Å². The largest absolute Gasteiger partial charge is 0.387 e. The summed E-state index contributed by atoms with van der Waals surface area (Å²) in [7, 11) is 0. The lowest BCUT2D eigenvalue weighted by atomic mass is 10.2. The first-order valence-electron chi connectivity index (χ1n) is 4.29. The first-order valence-corrected chi connectivity index (χ1v) is 4.29. The Morgan fingerprint density at radius 3 is 1.25 bits per heavy atom. The van der Waals surface area contributed by atoms with E-state index in [-0.39, 0.29) is 0 Å². The third kappa shape index (κ3) is 2.63. The Kier molecular flexibility index (Phi) is 3.34. The second kappa shape index (κ2) is 4.52. The van der Waals surface area contributed by atoms with Crippen molar-refractivity contribution >= 4 is 23.9 Å². The highest BCUT2D eigenvalue weighted by atomic mass is 16.6. The molecule has 0 radical (unpaired) electrons. The number of cyclic esters (lactones) is 4. The molecule has 6 heteroatoms. The quantitative estimate of drug-likeness (QED) is 0.426. The second-order valence-electron chi connectivity index (χ2n) is 3.00. The highest BCUT2D eigenvalue weighted by molar-refractivity contribution is 6.11. The summed E-state index contributed by atoms with van der Waals surface area (Å²) in [6.07, 6.45) is 2.17. The van der Waals surface area contributed by atoms with Crippen molar-refractivity contribution < 1.29 is 28.7 Å². The van der Waals surface area contributed by atoms with E-state index >= 15 is 0 Å². The van der Waals surface area contributed by atoms with Crippen molar-refractivity contribution in [3.63, 3.8) is 0 Å². The molecular formula is C10H8O6. The molecule has 0 saturated heterocycles. The topological polar surface area (TPSA) is 86.7 Å². The van der Waals surface area contributed by atoms with Crippen LogP contribution in [0.3, 0.4) is 0 Å². The van der Waals surface area contributed by atoms with E-state index in [0.717, 1.165) is 12.2 Å². The van der Waals surface area contributed by atoms with Crippen LogP contribution in [0.1, 0.15) is 13.8 Å². The van der Waals surface area contributed by atoms with Gasteiger partial charge in [-0.1, -0.05) is 0 Å². The molecule has 0 atom stereocenters. The van der Waals surface area contributed by atoms with Crippen molar-refractivity contribution in [1.82, 2.24) is 0 Å². The molecule has 0 N–H and O–H groups in total. The van der Waals surface area contributed by atoms with E-state index in [2.05, 4.69) is 9.47 Å². The molecule has 2 heterocycles. The van der Waals surface area contributed by atoms with Gasteiger partial charge < -0.3 is 9.47 Å². The average molecular weight is 224 g/mol. The normalized spacial score (nSPS) is 18.4. The van der Waals surface area contributed by atoms with Gasteiger partial charge in [0.2, 0.25) is 0 Å². The molecule has 16 heavy (non-hydrogen) atoms. The zero-order chi connectivity index (χ0) is 12.3. The average Bonchev–Trinajstić information content (AvgIpc) is 2.68. The molecule has 0 aromatic heterocycles. The fourth-order valence-electron chi connectivity index (χ4n) is 0.847. The second-order valence-corrected chi connectivity index (χ2v) is 3.00. The number of carbonyl (C=O) groups is 4. The first-order chi connectivity index (χ1) is 7.41. The summed E-state index contributed by atoms with van der Waals surface area (Å²) in [5, 5.41) is 0. The molecule has 84 valence electrons. The zero-order valence-electron chi connectivity index (χ0n) is 8.60. The SMILES string of the molecule is CC1=C(C)C(=O)OC1=O.O=C1C=CC(=O)O1. The highest BCUT2D eigenvalue weighted by Crippen LogP contribution is 2.14. The minimum Gasteiger partial charge on any atom is -0.387 e. The monoisotopic (exact) mass is 224 g/mol.